The largest absolute Gasteiger partial charge is 0.423 e. The Bertz CT molecular complexity index is 1940. The second kappa shape index (κ2) is 12.1. The average Bonchev–Trinajstić information content (AvgIpc) is 3.46. The fourth-order valence-corrected chi connectivity index (χ4v) is 6.98. The molecule has 1 fully saturated rings. The van der Waals surface area contributed by atoms with E-state index in [1.165, 1.54) is 85.8 Å². The number of imide groups is 2. The molecule has 7 rings (SSSR count). The summed E-state index contributed by atoms with van der Waals surface area (Å²) in [6.07, 6.45) is 6.96. The maximum absolute atomic E-state index is 13.4. The lowest BCUT2D eigenvalue weighted by molar-refractivity contribution is 0.0687. The maximum Gasteiger partial charge on any atom is 0.343 e. The number of anilines is 1. The van der Waals surface area contributed by atoms with Gasteiger partial charge in [-0.3, -0.25) is 24.1 Å². The van der Waals surface area contributed by atoms with Gasteiger partial charge in [0.25, 0.3) is 23.6 Å². The molecule has 4 aromatic rings. The molecule has 47 heavy (non-hydrogen) atoms. The van der Waals surface area contributed by atoms with Crippen molar-refractivity contribution in [2.75, 3.05) is 11.9 Å². The quantitative estimate of drug-likeness (QED) is 0.127. The van der Waals surface area contributed by atoms with Crippen LogP contribution in [-0.4, -0.2) is 41.5 Å². The van der Waals surface area contributed by atoms with Crippen molar-refractivity contribution in [2.45, 2.75) is 45.4 Å². The zero-order valence-electron chi connectivity index (χ0n) is 26.3. The van der Waals surface area contributed by atoms with E-state index < -0.39 is 29.6 Å². The Balaban J connectivity index is 0.976. The van der Waals surface area contributed by atoms with E-state index in [2.05, 4.69) is 31.2 Å². The summed E-state index contributed by atoms with van der Waals surface area (Å²) in [4.78, 5) is 66.3. The van der Waals surface area contributed by atoms with Crippen molar-refractivity contribution in [2.24, 2.45) is 11.8 Å². The number of carbonyl (C=O) groups is 5. The summed E-state index contributed by atoms with van der Waals surface area (Å²) in [5.41, 5.74) is 5.17. The van der Waals surface area contributed by atoms with Crippen LogP contribution in [0.15, 0.2) is 84.9 Å². The number of esters is 1. The molecule has 8 heteroatoms. The fraction of sp³-hybridized carbons (Fsp3) is 0.256. The molecule has 0 saturated heterocycles. The molecule has 1 saturated carbocycles. The summed E-state index contributed by atoms with van der Waals surface area (Å²) in [5.74, 6) is -1.18. The van der Waals surface area contributed by atoms with Gasteiger partial charge in [-0.2, -0.15) is 0 Å². The molecule has 4 aromatic carbocycles. The smallest absolute Gasteiger partial charge is 0.343 e. The summed E-state index contributed by atoms with van der Waals surface area (Å²) in [6.45, 7) is 2.12. The normalized spacial score (nSPS) is 18.9. The number of aryl methyl sites for hydroxylation is 1. The van der Waals surface area contributed by atoms with E-state index in [1.807, 2.05) is 24.3 Å². The zero-order valence-corrected chi connectivity index (χ0v) is 26.3. The molecular weight excluding hydrogens is 592 g/mol. The number of carbonyl (C=O) groups excluding carboxylic acids is 5. The van der Waals surface area contributed by atoms with Crippen LogP contribution in [0.4, 0.5) is 5.69 Å². The highest BCUT2D eigenvalue weighted by atomic mass is 16.5. The van der Waals surface area contributed by atoms with Gasteiger partial charge in [0.2, 0.25) is 0 Å². The van der Waals surface area contributed by atoms with Gasteiger partial charge < -0.3 is 4.74 Å². The average molecular weight is 627 g/mol. The van der Waals surface area contributed by atoms with Crippen molar-refractivity contribution in [1.29, 1.82) is 0 Å². The molecule has 0 aromatic heterocycles. The predicted octanol–water partition coefficient (Wildman–Crippen LogP) is 6.83. The van der Waals surface area contributed by atoms with Crippen LogP contribution in [0.1, 0.15) is 94.2 Å². The third-order valence-corrected chi connectivity index (χ3v) is 9.72. The van der Waals surface area contributed by atoms with Crippen LogP contribution in [-0.2, 0) is 12.8 Å². The molecule has 236 valence electrons. The van der Waals surface area contributed by atoms with Crippen molar-refractivity contribution >= 4 is 35.3 Å². The van der Waals surface area contributed by atoms with E-state index in [9.17, 15) is 24.0 Å². The molecule has 0 spiro atoms. The molecule has 8 nitrogen and oxygen atoms in total. The van der Waals surface area contributed by atoms with E-state index in [0.717, 1.165) is 28.6 Å². The van der Waals surface area contributed by atoms with Gasteiger partial charge in [-0.1, -0.05) is 42.0 Å². The molecule has 0 bridgehead atoms. The van der Waals surface area contributed by atoms with E-state index in [-0.39, 0.29) is 33.6 Å². The van der Waals surface area contributed by atoms with Gasteiger partial charge >= 0.3 is 5.97 Å². The third kappa shape index (κ3) is 5.76. The molecule has 4 amide bonds. The second-order valence-electron chi connectivity index (χ2n) is 12.9. The van der Waals surface area contributed by atoms with Gasteiger partial charge in [-0.15, -0.1) is 0 Å². The minimum Gasteiger partial charge on any atom is -0.423 e. The number of benzene rings is 4. The number of fused-ring (bicyclic) bond motifs is 2. The topological polar surface area (TPSA) is 101 Å². The highest BCUT2D eigenvalue weighted by Gasteiger charge is 2.38. The first-order chi connectivity index (χ1) is 22.7. The van der Waals surface area contributed by atoms with E-state index >= 15 is 0 Å². The molecule has 1 aliphatic carbocycles. The molecule has 0 atom stereocenters. The number of ether oxygens (including phenoxy) is 1. The minimum atomic E-state index is -0.759. The SMILES string of the molecule is Cc1ccc(CC2CCC(Cc3ccc(N4C(=O)c5ccc(C(=O)Oc6ccc7c(c6)C(=O)N(C)C7=O)cc5C4=O)cc3)CC2)cc1. The summed E-state index contributed by atoms with van der Waals surface area (Å²) in [7, 11) is 1.39. The van der Waals surface area contributed by atoms with Crippen LogP contribution in [0.5, 0.6) is 5.75 Å². The van der Waals surface area contributed by atoms with Crippen molar-refractivity contribution in [3.05, 3.63) is 129 Å². The molecule has 3 aliphatic rings. The van der Waals surface area contributed by atoms with Crippen LogP contribution in [0, 0.1) is 18.8 Å². The Morgan fingerprint density at radius 3 is 1.79 bits per heavy atom. The lowest BCUT2D eigenvalue weighted by atomic mass is 9.77. The van der Waals surface area contributed by atoms with Gasteiger partial charge in [0.05, 0.1) is 33.5 Å². The predicted molar refractivity (Wildman–Crippen MR) is 176 cm³/mol. The first-order valence-corrected chi connectivity index (χ1v) is 16.0. The van der Waals surface area contributed by atoms with Crippen LogP contribution in [0.3, 0.4) is 0 Å². The van der Waals surface area contributed by atoms with Gasteiger partial charge in [0.15, 0.2) is 0 Å². The van der Waals surface area contributed by atoms with Crippen molar-refractivity contribution in [3.8, 4) is 5.75 Å². The fourth-order valence-electron chi connectivity index (χ4n) is 6.98. The van der Waals surface area contributed by atoms with E-state index in [4.69, 9.17) is 4.74 Å². The van der Waals surface area contributed by atoms with Crippen molar-refractivity contribution in [3.63, 3.8) is 0 Å². The number of amides is 4. The van der Waals surface area contributed by atoms with Gasteiger partial charge in [0.1, 0.15) is 5.75 Å². The number of rotatable bonds is 7. The Morgan fingerprint density at radius 1 is 0.638 bits per heavy atom. The van der Waals surface area contributed by atoms with E-state index in [1.54, 1.807) is 0 Å². The lowest BCUT2D eigenvalue weighted by Gasteiger charge is -2.29. The molecular formula is C39H34N2O6. The van der Waals surface area contributed by atoms with Crippen LogP contribution in [0.25, 0.3) is 0 Å². The Kier molecular flexibility index (Phi) is 7.80. The van der Waals surface area contributed by atoms with E-state index in [0.29, 0.717) is 11.6 Å². The monoisotopic (exact) mass is 626 g/mol. The summed E-state index contributed by atoms with van der Waals surface area (Å²) >= 11 is 0. The maximum atomic E-state index is 13.4. The van der Waals surface area contributed by atoms with Crippen molar-refractivity contribution < 1.29 is 28.7 Å². The highest BCUT2D eigenvalue weighted by molar-refractivity contribution is 6.34. The number of hydrogen-bond acceptors (Lipinski definition) is 6. The Labute approximate surface area is 273 Å². The van der Waals surface area contributed by atoms with Gasteiger partial charge in [0, 0.05) is 7.05 Å². The Morgan fingerprint density at radius 2 is 1.15 bits per heavy atom. The number of hydrogen-bond donors (Lipinski definition) is 0. The first kappa shape index (κ1) is 30.3. The highest BCUT2D eigenvalue weighted by Crippen LogP contribution is 2.35. The van der Waals surface area contributed by atoms with Crippen molar-refractivity contribution in [1.82, 2.24) is 4.90 Å². The third-order valence-electron chi connectivity index (χ3n) is 9.72. The summed E-state index contributed by atoms with van der Waals surface area (Å²) < 4.78 is 5.46. The molecule has 0 N–H and O–H groups in total. The Hall–Kier alpha value is -5.37. The minimum absolute atomic E-state index is 0.0794. The van der Waals surface area contributed by atoms with Crippen LogP contribution >= 0.6 is 0 Å². The van der Waals surface area contributed by atoms with Gasteiger partial charge in [-0.05, 0) is 117 Å². The lowest BCUT2D eigenvalue weighted by Crippen LogP contribution is -2.29. The number of nitrogens with zero attached hydrogens (tertiary/aromatic N) is 2. The standard InChI is InChI=1S/C39H34N2O6/c1-23-3-5-24(6-4-23)19-25-7-9-26(10-8-25)20-27-11-14-29(15-12-27)41-37(44)32-17-13-28(21-33(32)38(41)45)39(46)47-30-16-18-31-34(22-30)36(43)40(2)35(31)42/h3-6,11-18,21-22,25-26H,7-10,19-20H2,1-2H3. The van der Waals surface area contributed by atoms with Gasteiger partial charge in [-0.25, -0.2) is 9.69 Å². The zero-order chi connectivity index (χ0) is 32.8. The first-order valence-electron chi connectivity index (χ1n) is 16.0. The van der Waals surface area contributed by atoms with Crippen LogP contribution in [0.2, 0.25) is 0 Å². The molecule has 2 aliphatic heterocycles. The molecule has 0 radical (unpaired) electrons. The molecule has 0 unspecified atom stereocenters. The van der Waals surface area contributed by atoms with Crippen LogP contribution < -0.4 is 9.64 Å². The second-order valence-corrected chi connectivity index (χ2v) is 12.9. The summed E-state index contributed by atoms with van der Waals surface area (Å²) in [6, 6.07) is 24.9. The molecule has 2 heterocycles. The summed E-state index contributed by atoms with van der Waals surface area (Å²) in [5, 5.41) is 0.